The Kier molecular flexibility index (Phi) is 3.44. The van der Waals surface area contributed by atoms with E-state index in [2.05, 4.69) is 10.3 Å². The van der Waals surface area contributed by atoms with Gasteiger partial charge in [-0.1, -0.05) is 38.1 Å². The van der Waals surface area contributed by atoms with E-state index in [1.54, 1.807) is 16.8 Å². The maximum absolute atomic E-state index is 10.6. The molecule has 2 rings (SSSR count). The standard InChI is InChI=1S/C13H17N5O2/c1-13(2,3)11-12(14)15-16-17(11)8-9-4-6-10(7-5-9)18(19)20/h4-7H,8,14H2,1-3H3. The van der Waals surface area contributed by atoms with Gasteiger partial charge >= 0.3 is 0 Å². The predicted octanol–water partition coefficient (Wildman–Crippen LogP) is 2.11. The maximum atomic E-state index is 10.6. The normalized spacial score (nSPS) is 11.6. The minimum atomic E-state index is -0.419. The molecule has 0 unspecified atom stereocenters. The van der Waals surface area contributed by atoms with Crippen molar-refractivity contribution in [2.24, 2.45) is 0 Å². The van der Waals surface area contributed by atoms with E-state index in [9.17, 15) is 10.1 Å². The summed E-state index contributed by atoms with van der Waals surface area (Å²) in [6, 6.07) is 6.38. The summed E-state index contributed by atoms with van der Waals surface area (Å²) >= 11 is 0. The van der Waals surface area contributed by atoms with Crippen molar-refractivity contribution in [3.63, 3.8) is 0 Å². The fourth-order valence-corrected chi connectivity index (χ4v) is 2.10. The number of aromatic nitrogens is 3. The molecule has 0 amide bonds. The van der Waals surface area contributed by atoms with Gasteiger partial charge in [-0.25, -0.2) is 4.68 Å². The van der Waals surface area contributed by atoms with Crippen molar-refractivity contribution >= 4 is 11.5 Å². The van der Waals surface area contributed by atoms with Gasteiger partial charge in [0.15, 0.2) is 5.82 Å². The van der Waals surface area contributed by atoms with Gasteiger partial charge in [-0.2, -0.15) is 0 Å². The summed E-state index contributed by atoms with van der Waals surface area (Å²) in [5.74, 6) is 0.416. The van der Waals surface area contributed by atoms with Gasteiger partial charge in [0.1, 0.15) is 0 Å². The molecule has 0 radical (unpaired) electrons. The van der Waals surface area contributed by atoms with Crippen molar-refractivity contribution in [3.05, 3.63) is 45.6 Å². The first-order valence-electron chi connectivity index (χ1n) is 6.22. The van der Waals surface area contributed by atoms with Crippen LogP contribution in [0.3, 0.4) is 0 Å². The van der Waals surface area contributed by atoms with Gasteiger partial charge in [0.2, 0.25) is 0 Å². The van der Waals surface area contributed by atoms with Crippen molar-refractivity contribution in [1.82, 2.24) is 15.0 Å². The van der Waals surface area contributed by atoms with Crippen LogP contribution in [-0.2, 0) is 12.0 Å². The lowest BCUT2D eigenvalue weighted by Gasteiger charge is -2.20. The summed E-state index contributed by atoms with van der Waals surface area (Å²) in [5, 5.41) is 18.6. The van der Waals surface area contributed by atoms with Crippen molar-refractivity contribution in [3.8, 4) is 0 Å². The molecule has 0 saturated carbocycles. The first kappa shape index (κ1) is 14.0. The Balaban J connectivity index is 2.29. The predicted molar refractivity (Wildman–Crippen MR) is 75.3 cm³/mol. The van der Waals surface area contributed by atoms with Crippen LogP contribution >= 0.6 is 0 Å². The lowest BCUT2D eigenvalue weighted by molar-refractivity contribution is -0.384. The molecule has 1 aromatic carbocycles. The summed E-state index contributed by atoms with van der Waals surface area (Å²) < 4.78 is 1.73. The molecule has 7 heteroatoms. The van der Waals surface area contributed by atoms with Crippen LogP contribution in [0.4, 0.5) is 11.5 Å². The second kappa shape index (κ2) is 4.92. The number of nitro benzene ring substituents is 1. The van der Waals surface area contributed by atoms with E-state index in [-0.39, 0.29) is 11.1 Å². The summed E-state index contributed by atoms with van der Waals surface area (Å²) in [7, 11) is 0. The molecule has 7 nitrogen and oxygen atoms in total. The quantitative estimate of drug-likeness (QED) is 0.683. The zero-order valence-corrected chi connectivity index (χ0v) is 11.7. The fraction of sp³-hybridized carbons (Fsp3) is 0.385. The molecule has 0 saturated heterocycles. The molecule has 0 bridgehead atoms. The number of anilines is 1. The lowest BCUT2D eigenvalue weighted by Crippen LogP contribution is -2.20. The topological polar surface area (TPSA) is 99.9 Å². The van der Waals surface area contributed by atoms with Crippen LogP contribution in [0.15, 0.2) is 24.3 Å². The molecule has 0 atom stereocenters. The zero-order chi connectivity index (χ0) is 14.9. The highest BCUT2D eigenvalue weighted by Gasteiger charge is 2.24. The van der Waals surface area contributed by atoms with E-state index in [1.807, 2.05) is 20.8 Å². The second-order valence-electron chi connectivity index (χ2n) is 5.65. The van der Waals surface area contributed by atoms with Gasteiger partial charge < -0.3 is 5.73 Å². The summed E-state index contributed by atoms with van der Waals surface area (Å²) in [6.45, 7) is 6.59. The van der Waals surface area contributed by atoms with Gasteiger partial charge in [-0.3, -0.25) is 10.1 Å². The van der Waals surface area contributed by atoms with Crippen LogP contribution < -0.4 is 5.73 Å². The van der Waals surface area contributed by atoms with Crippen LogP contribution in [0, 0.1) is 10.1 Å². The number of benzene rings is 1. The first-order valence-corrected chi connectivity index (χ1v) is 6.22. The Morgan fingerprint density at radius 2 is 1.90 bits per heavy atom. The average Bonchev–Trinajstić information content (AvgIpc) is 2.70. The Labute approximate surface area is 116 Å². The SMILES string of the molecule is CC(C)(C)c1c(N)nnn1Cc1ccc([N+](=O)[O-])cc1. The minimum Gasteiger partial charge on any atom is -0.381 e. The van der Waals surface area contributed by atoms with Crippen LogP contribution in [-0.4, -0.2) is 19.9 Å². The monoisotopic (exact) mass is 275 g/mol. The summed E-state index contributed by atoms with van der Waals surface area (Å²) in [5.41, 5.74) is 7.53. The second-order valence-corrected chi connectivity index (χ2v) is 5.65. The van der Waals surface area contributed by atoms with Crippen LogP contribution in [0.1, 0.15) is 32.0 Å². The third kappa shape index (κ3) is 2.76. The number of non-ortho nitro benzene ring substituents is 1. The molecule has 0 aliphatic carbocycles. The molecule has 1 heterocycles. The molecule has 2 aromatic rings. The molecule has 20 heavy (non-hydrogen) atoms. The highest BCUT2D eigenvalue weighted by atomic mass is 16.6. The number of nitrogens with two attached hydrogens (primary N) is 1. The maximum Gasteiger partial charge on any atom is 0.269 e. The molecular weight excluding hydrogens is 258 g/mol. The molecule has 106 valence electrons. The molecule has 0 aliphatic heterocycles. The third-order valence-corrected chi connectivity index (χ3v) is 2.95. The van der Waals surface area contributed by atoms with Gasteiger partial charge in [0.25, 0.3) is 5.69 Å². The molecular formula is C13H17N5O2. The van der Waals surface area contributed by atoms with E-state index >= 15 is 0 Å². The Morgan fingerprint density at radius 1 is 1.30 bits per heavy atom. The summed E-state index contributed by atoms with van der Waals surface area (Å²) in [4.78, 5) is 10.2. The molecule has 2 N–H and O–H groups in total. The van der Waals surface area contributed by atoms with Crippen molar-refractivity contribution < 1.29 is 4.92 Å². The zero-order valence-electron chi connectivity index (χ0n) is 11.7. The number of nitrogens with zero attached hydrogens (tertiary/aromatic N) is 4. The Morgan fingerprint density at radius 3 is 2.40 bits per heavy atom. The molecule has 1 aromatic heterocycles. The number of rotatable bonds is 3. The average molecular weight is 275 g/mol. The van der Waals surface area contributed by atoms with Crippen LogP contribution in [0.2, 0.25) is 0 Å². The number of hydrogen-bond acceptors (Lipinski definition) is 5. The number of nitrogen functional groups attached to an aromatic ring is 1. The van der Waals surface area contributed by atoms with Gasteiger partial charge in [0, 0.05) is 17.5 Å². The van der Waals surface area contributed by atoms with E-state index in [0.717, 1.165) is 11.3 Å². The van der Waals surface area contributed by atoms with E-state index < -0.39 is 4.92 Å². The van der Waals surface area contributed by atoms with E-state index in [4.69, 9.17) is 5.73 Å². The Hall–Kier alpha value is -2.44. The van der Waals surface area contributed by atoms with E-state index in [0.29, 0.717) is 12.4 Å². The fourth-order valence-electron chi connectivity index (χ4n) is 2.10. The van der Waals surface area contributed by atoms with Gasteiger partial charge in [0.05, 0.1) is 17.2 Å². The first-order chi connectivity index (χ1) is 9.29. The van der Waals surface area contributed by atoms with Crippen molar-refractivity contribution in [2.75, 3.05) is 5.73 Å². The lowest BCUT2D eigenvalue weighted by atomic mass is 9.92. The minimum absolute atomic E-state index is 0.0721. The largest absolute Gasteiger partial charge is 0.381 e. The molecule has 0 spiro atoms. The summed E-state index contributed by atoms with van der Waals surface area (Å²) in [6.07, 6.45) is 0. The molecule has 0 aliphatic rings. The highest BCUT2D eigenvalue weighted by molar-refractivity contribution is 5.39. The van der Waals surface area contributed by atoms with Crippen LogP contribution in [0.5, 0.6) is 0 Å². The van der Waals surface area contributed by atoms with Gasteiger partial charge in [-0.15, -0.1) is 5.10 Å². The molecule has 0 fully saturated rings. The van der Waals surface area contributed by atoms with Gasteiger partial charge in [-0.05, 0) is 5.56 Å². The third-order valence-electron chi connectivity index (χ3n) is 2.95. The smallest absolute Gasteiger partial charge is 0.269 e. The van der Waals surface area contributed by atoms with E-state index in [1.165, 1.54) is 12.1 Å². The van der Waals surface area contributed by atoms with Crippen LogP contribution in [0.25, 0.3) is 0 Å². The Bertz CT molecular complexity index is 625. The highest BCUT2D eigenvalue weighted by Crippen LogP contribution is 2.26. The number of nitro groups is 1. The number of hydrogen-bond donors (Lipinski definition) is 1. The van der Waals surface area contributed by atoms with Crippen molar-refractivity contribution in [2.45, 2.75) is 32.7 Å². The van der Waals surface area contributed by atoms with Crippen molar-refractivity contribution in [1.29, 1.82) is 0 Å².